The summed E-state index contributed by atoms with van der Waals surface area (Å²) in [6.45, 7) is 0. The zero-order valence-electron chi connectivity index (χ0n) is 38.2. The third-order valence-electron chi connectivity index (χ3n) is 15.3. The summed E-state index contributed by atoms with van der Waals surface area (Å²) in [6, 6.07) is 95.2. The first-order valence-corrected chi connectivity index (χ1v) is 24.4. The van der Waals surface area contributed by atoms with Gasteiger partial charge in [0, 0.05) is 0 Å². The molecule has 0 nitrogen and oxygen atoms in total. The molecule has 15 aromatic rings. The minimum Gasteiger partial charge on any atom is -0.0622 e. The Kier molecular flexibility index (Phi) is 8.46. The first kappa shape index (κ1) is 38.9. The van der Waals surface area contributed by atoms with Crippen LogP contribution in [-0.2, 0) is 0 Å². The number of fused-ring (bicyclic) bond motifs is 10. The molecule has 15 aromatic carbocycles. The van der Waals surface area contributed by atoms with Crippen molar-refractivity contribution in [2.45, 2.75) is 0 Å². The quantitative estimate of drug-likeness (QED) is 0.146. The van der Waals surface area contributed by atoms with Crippen LogP contribution in [0.5, 0.6) is 0 Å². The Morgan fingerprint density at radius 3 is 1.20 bits per heavy atom. The van der Waals surface area contributed by atoms with E-state index in [1.807, 2.05) is 0 Å². The summed E-state index contributed by atoms with van der Waals surface area (Å²) in [4.78, 5) is 0. The Labute approximate surface area is 405 Å². The smallest absolute Gasteiger partial charge is 0.000674 e. The largest absolute Gasteiger partial charge is 0.0622 e. The van der Waals surface area contributed by atoms with Crippen molar-refractivity contribution in [3.05, 3.63) is 255 Å². The predicted octanol–water partition coefficient (Wildman–Crippen LogP) is 19.8. The van der Waals surface area contributed by atoms with Crippen molar-refractivity contribution in [3.63, 3.8) is 0 Å². The Balaban J connectivity index is 1.19. The fourth-order valence-electron chi connectivity index (χ4n) is 12.5. The molecular formula is C70H42. The van der Waals surface area contributed by atoms with Crippen LogP contribution < -0.4 is 0 Å². The van der Waals surface area contributed by atoms with E-state index in [2.05, 4.69) is 255 Å². The topological polar surface area (TPSA) is 0 Å². The molecule has 0 aliphatic carbocycles. The van der Waals surface area contributed by atoms with Gasteiger partial charge in [0.2, 0.25) is 0 Å². The molecule has 0 fully saturated rings. The van der Waals surface area contributed by atoms with Crippen molar-refractivity contribution in [1.29, 1.82) is 0 Å². The lowest BCUT2D eigenvalue weighted by molar-refractivity contribution is 1.60. The maximum Gasteiger partial charge on any atom is -0.000674 e. The molecule has 0 radical (unpaired) electrons. The van der Waals surface area contributed by atoms with E-state index in [4.69, 9.17) is 0 Å². The molecule has 70 heavy (non-hydrogen) atoms. The van der Waals surface area contributed by atoms with E-state index in [0.717, 1.165) is 0 Å². The molecule has 0 heterocycles. The van der Waals surface area contributed by atoms with Crippen molar-refractivity contribution < 1.29 is 0 Å². The van der Waals surface area contributed by atoms with Gasteiger partial charge in [0.05, 0.1) is 0 Å². The zero-order chi connectivity index (χ0) is 45.9. The molecule has 0 aliphatic heterocycles. The van der Waals surface area contributed by atoms with Crippen molar-refractivity contribution in [2.24, 2.45) is 0 Å². The van der Waals surface area contributed by atoms with Crippen molar-refractivity contribution in [3.8, 4) is 66.8 Å². The molecule has 15 rings (SSSR count). The average molecular weight is 883 g/mol. The molecule has 0 aliphatic rings. The van der Waals surface area contributed by atoms with E-state index in [-0.39, 0.29) is 0 Å². The monoisotopic (exact) mass is 882 g/mol. The maximum absolute atomic E-state index is 2.59. The fraction of sp³-hybridized carbons (Fsp3) is 0. The van der Waals surface area contributed by atoms with E-state index in [1.54, 1.807) is 0 Å². The normalized spacial score (nSPS) is 12.0. The van der Waals surface area contributed by atoms with Gasteiger partial charge in [-0.15, -0.1) is 0 Å². The summed E-state index contributed by atoms with van der Waals surface area (Å²) in [6.07, 6.45) is 0. The SMILES string of the molecule is c1ccc(-c2ccccc2-c2ccc3c(c2)c2cc4c(-c5ccccc5-c5ccccc5)c5c6cccc7c8ccccc8cc(c5c(-c5ccccc5-c5ccccc5)c4c4cccc3c24)c76)cc1. The van der Waals surface area contributed by atoms with Crippen LogP contribution in [-0.4, -0.2) is 0 Å². The summed E-state index contributed by atoms with van der Waals surface area (Å²) < 4.78 is 0. The second-order valence-corrected chi connectivity index (χ2v) is 18.9. The number of benzene rings is 13. The molecule has 0 atom stereocenters. The van der Waals surface area contributed by atoms with Crippen LogP contribution in [0.1, 0.15) is 0 Å². The summed E-state index contributed by atoms with van der Waals surface area (Å²) >= 11 is 0. The van der Waals surface area contributed by atoms with Crippen LogP contribution in [0.2, 0.25) is 0 Å². The maximum atomic E-state index is 2.59. The highest BCUT2D eigenvalue weighted by molar-refractivity contribution is 6.46. The van der Waals surface area contributed by atoms with Gasteiger partial charge in [-0.2, -0.15) is 0 Å². The first-order valence-electron chi connectivity index (χ1n) is 24.4. The molecule has 0 amide bonds. The molecule has 0 N–H and O–H groups in total. The van der Waals surface area contributed by atoms with Crippen LogP contribution in [0.3, 0.4) is 0 Å². The third kappa shape index (κ3) is 5.59. The zero-order valence-corrected chi connectivity index (χ0v) is 38.2. The number of rotatable bonds is 6. The molecule has 0 saturated carbocycles. The highest BCUT2D eigenvalue weighted by atomic mass is 14.3. The summed E-state index contributed by atoms with van der Waals surface area (Å²) in [5, 5.41) is 20.6. The summed E-state index contributed by atoms with van der Waals surface area (Å²) in [7, 11) is 0. The summed E-state index contributed by atoms with van der Waals surface area (Å²) in [5.41, 5.74) is 14.8. The van der Waals surface area contributed by atoms with Crippen LogP contribution in [0.4, 0.5) is 0 Å². The van der Waals surface area contributed by atoms with Crippen molar-refractivity contribution >= 4 is 86.2 Å². The molecule has 0 bridgehead atoms. The van der Waals surface area contributed by atoms with E-state index < -0.39 is 0 Å². The van der Waals surface area contributed by atoms with Crippen molar-refractivity contribution in [2.75, 3.05) is 0 Å². The predicted molar refractivity (Wildman–Crippen MR) is 301 cm³/mol. The lowest BCUT2D eigenvalue weighted by Crippen LogP contribution is -1.94. The standard InChI is InChI=1S/C70H42/c1-4-20-43(21-5-1)48-27-12-13-30-51(48)47-38-39-53-57-35-19-36-58-64(57)61(60(53)40-47)42-63-66(55-32-16-14-28-49(55)44-22-6-2-7-23-44)69-59-37-18-34-54-52-31-11-10-26-46(52)41-62(65(54)59)70(69)68(67(58)63)56-33-17-15-29-50(56)45-24-8-3-9-25-45/h1-42H. The highest BCUT2D eigenvalue weighted by Gasteiger charge is 2.29. The fourth-order valence-corrected chi connectivity index (χ4v) is 12.5. The molecule has 0 saturated heterocycles. The van der Waals surface area contributed by atoms with Crippen molar-refractivity contribution in [1.82, 2.24) is 0 Å². The van der Waals surface area contributed by atoms with Gasteiger partial charge in [-0.3, -0.25) is 0 Å². The lowest BCUT2D eigenvalue weighted by Gasteiger charge is -2.22. The number of hydrogen-bond acceptors (Lipinski definition) is 0. The second-order valence-electron chi connectivity index (χ2n) is 18.9. The Hall–Kier alpha value is -9.10. The van der Waals surface area contributed by atoms with Crippen LogP contribution in [0, 0.1) is 0 Å². The number of hydrogen-bond donors (Lipinski definition) is 0. The lowest BCUT2D eigenvalue weighted by atomic mass is 9.81. The summed E-state index contributed by atoms with van der Waals surface area (Å²) in [5.74, 6) is 0. The Morgan fingerprint density at radius 1 is 0.157 bits per heavy atom. The van der Waals surface area contributed by atoms with Gasteiger partial charge in [0.1, 0.15) is 0 Å². The Morgan fingerprint density at radius 2 is 0.586 bits per heavy atom. The van der Waals surface area contributed by atoms with Gasteiger partial charge >= 0.3 is 0 Å². The van der Waals surface area contributed by atoms with Crippen LogP contribution in [0.15, 0.2) is 255 Å². The van der Waals surface area contributed by atoms with Gasteiger partial charge in [-0.25, -0.2) is 0 Å². The van der Waals surface area contributed by atoms with Crippen LogP contribution >= 0.6 is 0 Å². The molecule has 0 heteroatoms. The minimum absolute atomic E-state index is 1.21. The third-order valence-corrected chi connectivity index (χ3v) is 15.3. The molecular weight excluding hydrogens is 841 g/mol. The van der Waals surface area contributed by atoms with E-state index >= 15 is 0 Å². The van der Waals surface area contributed by atoms with Gasteiger partial charge in [0.25, 0.3) is 0 Å². The Bertz CT molecular complexity index is 4540. The first-order chi connectivity index (χ1) is 34.8. The second kappa shape index (κ2) is 15.2. The highest BCUT2D eigenvalue weighted by Crippen LogP contribution is 2.57. The van der Waals surface area contributed by atoms with E-state index in [0.29, 0.717) is 0 Å². The van der Waals surface area contributed by atoms with Gasteiger partial charge in [0.15, 0.2) is 0 Å². The molecule has 0 aromatic heterocycles. The molecule has 0 spiro atoms. The van der Waals surface area contributed by atoms with Gasteiger partial charge in [-0.05, 0) is 171 Å². The minimum atomic E-state index is 1.21. The molecule has 322 valence electrons. The van der Waals surface area contributed by atoms with Crippen LogP contribution in [0.25, 0.3) is 153 Å². The van der Waals surface area contributed by atoms with Gasteiger partial charge in [-0.1, -0.05) is 237 Å². The van der Waals surface area contributed by atoms with Gasteiger partial charge < -0.3 is 0 Å². The molecule has 0 unspecified atom stereocenters. The average Bonchev–Trinajstić information content (AvgIpc) is 3.94. The van der Waals surface area contributed by atoms with E-state index in [9.17, 15) is 0 Å². The van der Waals surface area contributed by atoms with E-state index in [1.165, 1.54) is 153 Å².